The third kappa shape index (κ3) is 8.62. The number of nitrogens with one attached hydrogen (secondary N) is 1. The molecule has 0 radical (unpaired) electrons. The van der Waals surface area contributed by atoms with Gasteiger partial charge in [-0.3, -0.25) is 14.4 Å². The first-order valence-corrected chi connectivity index (χ1v) is 16.7. The van der Waals surface area contributed by atoms with Gasteiger partial charge in [-0.05, 0) is 85.5 Å². The fourth-order valence-corrected chi connectivity index (χ4v) is 6.83. The van der Waals surface area contributed by atoms with E-state index < -0.39 is 5.66 Å². The van der Waals surface area contributed by atoms with Gasteiger partial charge in [0.25, 0.3) is 11.8 Å². The minimum Gasteiger partial charge on any atom is -0.352 e. The number of Topliss-reactive ketones (excluding diaryl/α,β-unsaturated/α-hetero) is 1. The highest BCUT2D eigenvalue weighted by atomic mass is 16.2. The summed E-state index contributed by atoms with van der Waals surface area (Å²) in [4.78, 5) is 48.2. The summed E-state index contributed by atoms with van der Waals surface area (Å²) in [6.45, 7) is 16.1. The standard InChI is InChI=1S/C38H54N4O3/c1-27(43)21-25-39-34(44)30-16-14-29(15-17-30)32(20-22-36(2,3)4)42-35(45)33(41(8)26-28-12-10-9-11-13-28)40-38(42)23-18-31(19-24-38)37(5,6)7/h9-17,31-32H,18-26H2,1-8H3,(H,39,44)/t31?,32-,38?/m1/s1. The smallest absolute Gasteiger partial charge is 0.291 e. The third-order valence-corrected chi connectivity index (χ3v) is 9.61. The van der Waals surface area contributed by atoms with Crippen LogP contribution in [0.25, 0.3) is 0 Å². The van der Waals surface area contributed by atoms with Crippen LogP contribution in [0, 0.1) is 16.7 Å². The number of carbonyl (C=O) groups is 3. The SMILES string of the molecule is CC(=O)CCNC(=O)c1ccc([C@@H](CCC(C)(C)C)N2C(=O)C(N(C)Cc3ccccc3)=NC23CCC(C(C)(C)C)CC3)cc1. The number of carbonyl (C=O) groups excluding carboxylic acids is 3. The lowest BCUT2D eigenvalue weighted by Crippen LogP contribution is -2.52. The van der Waals surface area contributed by atoms with Crippen molar-refractivity contribution in [3.63, 3.8) is 0 Å². The molecule has 0 saturated heterocycles. The van der Waals surface area contributed by atoms with Crippen LogP contribution in [0.3, 0.4) is 0 Å². The van der Waals surface area contributed by atoms with Crippen LogP contribution in [0.4, 0.5) is 0 Å². The summed E-state index contributed by atoms with van der Waals surface area (Å²) in [5.41, 5.74) is 2.41. The summed E-state index contributed by atoms with van der Waals surface area (Å²) in [5, 5.41) is 2.84. The third-order valence-electron chi connectivity index (χ3n) is 9.61. The van der Waals surface area contributed by atoms with Crippen molar-refractivity contribution in [3.8, 4) is 0 Å². The second-order valence-electron chi connectivity index (χ2n) is 15.5. The fourth-order valence-electron chi connectivity index (χ4n) is 6.83. The first-order valence-electron chi connectivity index (χ1n) is 16.7. The van der Waals surface area contributed by atoms with E-state index in [1.165, 1.54) is 6.92 Å². The second-order valence-corrected chi connectivity index (χ2v) is 15.5. The monoisotopic (exact) mass is 614 g/mol. The van der Waals surface area contributed by atoms with Crippen molar-refractivity contribution in [2.24, 2.45) is 21.7 Å². The highest BCUT2D eigenvalue weighted by molar-refractivity contribution is 6.39. The largest absolute Gasteiger partial charge is 0.352 e. The number of hydrogen-bond acceptors (Lipinski definition) is 5. The molecule has 4 rings (SSSR count). The summed E-state index contributed by atoms with van der Waals surface area (Å²) < 4.78 is 0. The maximum absolute atomic E-state index is 14.6. The number of amides is 2. The molecule has 1 fully saturated rings. The maximum Gasteiger partial charge on any atom is 0.291 e. The van der Waals surface area contributed by atoms with E-state index in [9.17, 15) is 14.4 Å². The highest BCUT2D eigenvalue weighted by Crippen LogP contribution is 2.50. The van der Waals surface area contributed by atoms with E-state index in [0.29, 0.717) is 36.8 Å². The zero-order valence-corrected chi connectivity index (χ0v) is 28.8. The van der Waals surface area contributed by atoms with Crippen LogP contribution in [-0.4, -0.2) is 52.5 Å². The van der Waals surface area contributed by atoms with Gasteiger partial charge in [0.05, 0.1) is 6.04 Å². The first kappa shape index (κ1) is 34.4. The summed E-state index contributed by atoms with van der Waals surface area (Å²) >= 11 is 0. The molecule has 45 heavy (non-hydrogen) atoms. The topological polar surface area (TPSA) is 82.1 Å². The summed E-state index contributed by atoms with van der Waals surface area (Å²) in [6, 6.07) is 17.7. The molecule has 1 aliphatic heterocycles. The average Bonchev–Trinajstić information content (AvgIpc) is 3.24. The van der Waals surface area contributed by atoms with Crippen molar-refractivity contribution >= 4 is 23.4 Å². The molecule has 1 saturated carbocycles. The Kier molecular flexibility index (Phi) is 10.6. The molecule has 1 N–H and O–H groups in total. The number of hydrogen-bond donors (Lipinski definition) is 1. The molecule has 2 aliphatic rings. The van der Waals surface area contributed by atoms with E-state index in [2.05, 4.69) is 63.9 Å². The zero-order chi connectivity index (χ0) is 33.0. The molecule has 0 bridgehead atoms. The van der Waals surface area contributed by atoms with Gasteiger partial charge < -0.3 is 15.1 Å². The molecule has 7 heteroatoms. The van der Waals surface area contributed by atoms with Crippen molar-refractivity contribution in [3.05, 3.63) is 71.3 Å². The van der Waals surface area contributed by atoms with E-state index >= 15 is 0 Å². The quantitative estimate of drug-likeness (QED) is 0.299. The number of amidine groups is 1. The van der Waals surface area contributed by atoms with E-state index in [-0.39, 0.29) is 34.5 Å². The van der Waals surface area contributed by atoms with Crippen LogP contribution in [0.2, 0.25) is 0 Å². The number of aliphatic imine (C=N–C) groups is 1. The van der Waals surface area contributed by atoms with E-state index in [1.807, 2.05) is 54.4 Å². The number of nitrogens with zero attached hydrogens (tertiary/aromatic N) is 3. The molecule has 0 unspecified atom stereocenters. The van der Waals surface area contributed by atoms with Crippen LogP contribution in [0.1, 0.15) is 121 Å². The Bertz CT molecular complexity index is 1360. The molecular formula is C38H54N4O3. The molecular weight excluding hydrogens is 560 g/mol. The first-order chi connectivity index (χ1) is 21.1. The zero-order valence-electron chi connectivity index (χ0n) is 28.8. The molecule has 1 heterocycles. The van der Waals surface area contributed by atoms with Gasteiger partial charge in [-0.2, -0.15) is 0 Å². The Morgan fingerprint density at radius 1 is 1.00 bits per heavy atom. The Morgan fingerprint density at radius 2 is 1.62 bits per heavy atom. The lowest BCUT2D eigenvalue weighted by molar-refractivity contribution is -0.134. The van der Waals surface area contributed by atoms with E-state index in [4.69, 9.17) is 4.99 Å². The number of ketones is 1. The van der Waals surface area contributed by atoms with Gasteiger partial charge in [0.15, 0.2) is 5.84 Å². The highest BCUT2D eigenvalue weighted by Gasteiger charge is 2.53. The molecule has 7 nitrogen and oxygen atoms in total. The fraction of sp³-hybridized carbons (Fsp3) is 0.579. The molecule has 244 valence electrons. The van der Waals surface area contributed by atoms with Crippen molar-refractivity contribution in [1.82, 2.24) is 15.1 Å². The molecule has 2 aromatic rings. The minimum absolute atomic E-state index is 0.00685. The summed E-state index contributed by atoms with van der Waals surface area (Å²) in [7, 11) is 1.98. The minimum atomic E-state index is -0.593. The maximum atomic E-state index is 14.6. The summed E-state index contributed by atoms with van der Waals surface area (Å²) in [6.07, 6.45) is 5.78. The Morgan fingerprint density at radius 3 is 2.18 bits per heavy atom. The number of rotatable bonds is 10. The van der Waals surface area contributed by atoms with Gasteiger partial charge in [-0.15, -0.1) is 0 Å². The predicted octanol–water partition coefficient (Wildman–Crippen LogP) is 7.57. The molecule has 1 aliphatic carbocycles. The van der Waals surface area contributed by atoms with Crippen molar-refractivity contribution < 1.29 is 14.4 Å². The van der Waals surface area contributed by atoms with Crippen molar-refractivity contribution in [1.29, 1.82) is 0 Å². The van der Waals surface area contributed by atoms with Crippen LogP contribution < -0.4 is 5.32 Å². The number of likely N-dealkylation sites (N-methyl/N-ethyl adjacent to an activating group) is 1. The molecule has 2 amide bonds. The Labute approximate surface area is 270 Å². The van der Waals surface area contributed by atoms with Crippen LogP contribution in [-0.2, 0) is 16.1 Å². The van der Waals surface area contributed by atoms with Crippen LogP contribution >= 0.6 is 0 Å². The Hall–Kier alpha value is -3.48. The van der Waals surface area contributed by atoms with Crippen molar-refractivity contribution in [2.45, 2.75) is 112 Å². The average molecular weight is 615 g/mol. The van der Waals surface area contributed by atoms with Crippen LogP contribution in [0.5, 0.6) is 0 Å². The Balaban J connectivity index is 1.69. The molecule has 2 aromatic carbocycles. The van der Waals surface area contributed by atoms with Gasteiger partial charge in [-0.25, -0.2) is 4.99 Å². The van der Waals surface area contributed by atoms with E-state index in [0.717, 1.165) is 49.7 Å². The van der Waals surface area contributed by atoms with Gasteiger partial charge in [0, 0.05) is 32.1 Å². The summed E-state index contributed by atoms with van der Waals surface area (Å²) in [5.74, 6) is 0.957. The predicted molar refractivity (Wildman–Crippen MR) is 182 cm³/mol. The second kappa shape index (κ2) is 13.9. The number of benzene rings is 2. The van der Waals surface area contributed by atoms with Gasteiger partial charge >= 0.3 is 0 Å². The lowest BCUT2D eigenvalue weighted by Gasteiger charge is -2.47. The van der Waals surface area contributed by atoms with E-state index in [1.54, 1.807) is 0 Å². The molecule has 0 aromatic heterocycles. The van der Waals surface area contributed by atoms with Gasteiger partial charge in [0.1, 0.15) is 11.4 Å². The van der Waals surface area contributed by atoms with Crippen LogP contribution in [0.15, 0.2) is 59.6 Å². The van der Waals surface area contributed by atoms with Gasteiger partial charge in [0.2, 0.25) is 0 Å². The molecule has 1 spiro atoms. The normalized spacial score (nSPS) is 21.1. The van der Waals surface area contributed by atoms with Crippen molar-refractivity contribution in [2.75, 3.05) is 13.6 Å². The lowest BCUT2D eigenvalue weighted by atomic mass is 9.69. The molecule has 1 atom stereocenters. The van der Waals surface area contributed by atoms with Gasteiger partial charge in [-0.1, -0.05) is 84.0 Å².